The van der Waals surface area contributed by atoms with Crippen LogP contribution >= 0.6 is 0 Å². The topological polar surface area (TPSA) is 20.9 Å². The minimum absolute atomic E-state index is 0.133. The van der Waals surface area contributed by atoms with Gasteiger partial charge in [0.1, 0.15) is 0 Å². The molecule has 21 heavy (non-hydrogen) atoms. The maximum atomic E-state index is 12.4. The summed E-state index contributed by atoms with van der Waals surface area (Å²) in [7, 11) is 0. The van der Waals surface area contributed by atoms with Crippen molar-refractivity contribution in [1.82, 2.24) is 0 Å². The van der Waals surface area contributed by atoms with Gasteiger partial charge in [0.15, 0.2) is 6.20 Å². The highest BCUT2D eigenvalue weighted by Gasteiger charge is 2.15. The van der Waals surface area contributed by atoms with E-state index in [2.05, 4.69) is 25.1 Å². The molecule has 104 valence electrons. The van der Waals surface area contributed by atoms with Crippen LogP contribution in [-0.2, 0) is 6.54 Å². The van der Waals surface area contributed by atoms with Crippen LogP contribution in [-0.4, -0.2) is 5.78 Å². The molecule has 0 saturated heterocycles. The lowest BCUT2D eigenvalue weighted by molar-refractivity contribution is -0.657. The van der Waals surface area contributed by atoms with E-state index in [1.165, 1.54) is 16.5 Å². The standard InChI is InChI=1S/C19H18NO/c1-14-7-9-16(10-8-14)19(21)13-20-12-11-15(2)17-5-3-4-6-18(17)20/h3-12H,13H2,1-2H3/q+1. The number of hydrogen-bond acceptors (Lipinski definition) is 1. The highest BCUT2D eigenvalue weighted by Crippen LogP contribution is 2.14. The van der Waals surface area contributed by atoms with E-state index < -0.39 is 0 Å². The van der Waals surface area contributed by atoms with Gasteiger partial charge in [-0.2, -0.15) is 4.57 Å². The summed E-state index contributed by atoms with van der Waals surface area (Å²) in [6.07, 6.45) is 1.99. The molecule has 0 bridgehead atoms. The van der Waals surface area contributed by atoms with Gasteiger partial charge in [0.25, 0.3) is 0 Å². The normalized spacial score (nSPS) is 10.8. The summed E-state index contributed by atoms with van der Waals surface area (Å²) in [4.78, 5) is 12.4. The summed E-state index contributed by atoms with van der Waals surface area (Å²) in [5.74, 6) is 0.133. The summed E-state index contributed by atoms with van der Waals surface area (Å²) in [5, 5.41) is 1.19. The molecule has 0 spiro atoms. The highest BCUT2D eigenvalue weighted by atomic mass is 16.1. The summed E-state index contributed by atoms with van der Waals surface area (Å²) in [6.45, 7) is 4.48. The van der Waals surface area contributed by atoms with Gasteiger partial charge >= 0.3 is 0 Å². The third-order valence-electron chi connectivity index (χ3n) is 3.83. The zero-order valence-corrected chi connectivity index (χ0v) is 12.3. The fourth-order valence-electron chi connectivity index (χ4n) is 2.55. The average Bonchev–Trinajstić information content (AvgIpc) is 2.51. The lowest BCUT2D eigenvalue weighted by Crippen LogP contribution is -2.38. The molecule has 2 aromatic carbocycles. The molecule has 0 saturated carbocycles. The number of aryl methyl sites for hydroxylation is 2. The van der Waals surface area contributed by atoms with Gasteiger partial charge in [-0.15, -0.1) is 0 Å². The van der Waals surface area contributed by atoms with E-state index >= 15 is 0 Å². The number of para-hydroxylation sites is 1. The lowest BCUT2D eigenvalue weighted by Gasteiger charge is -2.04. The van der Waals surface area contributed by atoms with Crippen molar-refractivity contribution >= 4 is 16.7 Å². The second-order valence-electron chi connectivity index (χ2n) is 5.43. The monoisotopic (exact) mass is 276 g/mol. The Morgan fingerprint density at radius 2 is 1.67 bits per heavy atom. The number of hydrogen-bond donors (Lipinski definition) is 0. The first-order valence-corrected chi connectivity index (χ1v) is 7.13. The van der Waals surface area contributed by atoms with Crippen LogP contribution in [0.1, 0.15) is 21.5 Å². The Labute approximate surface area is 124 Å². The number of Topliss-reactive ketones (excluding diaryl/α,β-unsaturated/α-hetero) is 1. The summed E-state index contributed by atoms with van der Waals surface area (Å²) >= 11 is 0. The van der Waals surface area contributed by atoms with Crippen molar-refractivity contribution in [3.63, 3.8) is 0 Å². The van der Waals surface area contributed by atoms with E-state index in [4.69, 9.17) is 0 Å². The van der Waals surface area contributed by atoms with Crippen LogP contribution in [0.15, 0.2) is 60.8 Å². The number of carbonyl (C=O) groups excluding carboxylic acids is 1. The third kappa shape index (κ3) is 2.70. The van der Waals surface area contributed by atoms with Crippen molar-refractivity contribution in [2.24, 2.45) is 0 Å². The number of benzene rings is 2. The molecule has 0 aliphatic rings. The van der Waals surface area contributed by atoms with Crippen molar-refractivity contribution < 1.29 is 9.36 Å². The van der Waals surface area contributed by atoms with E-state index in [0.717, 1.165) is 11.1 Å². The fourth-order valence-corrected chi connectivity index (χ4v) is 2.55. The van der Waals surface area contributed by atoms with E-state index in [1.54, 1.807) is 0 Å². The van der Waals surface area contributed by atoms with Crippen molar-refractivity contribution in [1.29, 1.82) is 0 Å². The molecule has 0 aliphatic carbocycles. The highest BCUT2D eigenvalue weighted by molar-refractivity contribution is 5.95. The first-order chi connectivity index (χ1) is 10.1. The molecule has 1 aromatic heterocycles. The first-order valence-electron chi connectivity index (χ1n) is 7.13. The molecule has 0 radical (unpaired) electrons. The van der Waals surface area contributed by atoms with Crippen LogP contribution in [0.25, 0.3) is 10.9 Å². The van der Waals surface area contributed by atoms with Gasteiger partial charge in [0.05, 0.1) is 0 Å². The minimum atomic E-state index is 0.133. The van der Waals surface area contributed by atoms with Gasteiger partial charge < -0.3 is 0 Å². The Morgan fingerprint density at radius 1 is 0.952 bits per heavy atom. The number of nitrogens with zero attached hydrogens (tertiary/aromatic N) is 1. The number of pyridine rings is 1. The lowest BCUT2D eigenvalue weighted by atomic mass is 10.1. The average molecular weight is 276 g/mol. The molecule has 3 aromatic rings. The smallest absolute Gasteiger partial charge is 0.227 e. The van der Waals surface area contributed by atoms with Crippen molar-refractivity contribution in [2.75, 3.05) is 0 Å². The maximum absolute atomic E-state index is 12.4. The molecule has 0 amide bonds. The van der Waals surface area contributed by atoms with Crippen LogP contribution in [0.3, 0.4) is 0 Å². The Bertz CT molecular complexity index is 803. The summed E-state index contributed by atoms with van der Waals surface area (Å²) in [5.41, 5.74) is 4.25. The quantitative estimate of drug-likeness (QED) is 0.528. The molecular weight excluding hydrogens is 258 g/mol. The zero-order valence-electron chi connectivity index (χ0n) is 12.3. The molecule has 1 heterocycles. The van der Waals surface area contributed by atoms with Gasteiger partial charge in [-0.3, -0.25) is 4.79 Å². The summed E-state index contributed by atoms with van der Waals surface area (Å²) < 4.78 is 2.02. The molecule has 0 aliphatic heterocycles. The van der Waals surface area contributed by atoms with Gasteiger partial charge in [-0.05, 0) is 25.5 Å². The minimum Gasteiger partial charge on any atom is -0.287 e. The summed E-state index contributed by atoms with van der Waals surface area (Å²) in [6, 6.07) is 18.0. The molecular formula is C19H18NO+. The Balaban J connectivity index is 1.97. The van der Waals surface area contributed by atoms with Crippen LogP contribution < -0.4 is 4.57 Å². The molecule has 0 N–H and O–H groups in total. The van der Waals surface area contributed by atoms with Crippen molar-refractivity contribution in [2.45, 2.75) is 20.4 Å². The van der Waals surface area contributed by atoms with Crippen molar-refractivity contribution in [3.8, 4) is 0 Å². The molecule has 2 nitrogen and oxygen atoms in total. The van der Waals surface area contributed by atoms with E-state index in [0.29, 0.717) is 6.54 Å². The Kier molecular flexibility index (Phi) is 3.53. The van der Waals surface area contributed by atoms with Crippen LogP contribution in [0.4, 0.5) is 0 Å². The Hall–Kier alpha value is -2.48. The molecule has 3 rings (SSSR count). The van der Waals surface area contributed by atoms with Gasteiger partial charge in [-0.1, -0.05) is 42.0 Å². The number of fused-ring (bicyclic) bond motifs is 1. The number of aromatic nitrogens is 1. The van der Waals surface area contributed by atoms with E-state index in [9.17, 15) is 4.79 Å². The first kappa shape index (κ1) is 13.5. The second-order valence-corrected chi connectivity index (χ2v) is 5.43. The molecule has 2 heteroatoms. The fraction of sp³-hybridized carbons (Fsp3) is 0.158. The van der Waals surface area contributed by atoms with E-state index in [-0.39, 0.29) is 5.78 Å². The van der Waals surface area contributed by atoms with E-state index in [1.807, 2.05) is 54.1 Å². The Morgan fingerprint density at radius 3 is 2.43 bits per heavy atom. The molecule has 0 unspecified atom stereocenters. The predicted octanol–water partition coefficient (Wildman–Crippen LogP) is 3.63. The molecule has 0 fully saturated rings. The largest absolute Gasteiger partial charge is 0.287 e. The predicted molar refractivity (Wildman–Crippen MR) is 84.4 cm³/mol. The van der Waals surface area contributed by atoms with Gasteiger partial charge in [-0.25, -0.2) is 0 Å². The SMILES string of the molecule is Cc1ccc(C(=O)C[n+]2ccc(C)c3ccccc32)cc1. The third-order valence-corrected chi connectivity index (χ3v) is 3.83. The number of ketones is 1. The number of rotatable bonds is 3. The van der Waals surface area contributed by atoms with Crippen molar-refractivity contribution in [3.05, 3.63) is 77.5 Å². The van der Waals surface area contributed by atoms with Crippen LogP contribution in [0.2, 0.25) is 0 Å². The van der Waals surface area contributed by atoms with Crippen LogP contribution in [0, 0.1) is 13.8 Å². The van der Waals surface area contributed by atoms with Gasteiger partial charge in [0.2, 0.25) is 17.8 Å². The van der Waals surface area contributed by atoms with Crippen LogP contribution in [0.5, 0.6) is 0 Å². The maximum Gasteiger partial charge on any atom is 0.227 e. The van der Waals surface area contributed by atoms with Gasteiger partial charge in [0, 0.05) is 23.1 Å². The molecule has 0 atom stereocenters. The number of carbonyl (C=O) groups is 1. The second kappa shape index (κ2) is 5.49. The zero-order chi connectivity index (χ0) is 14.8.